The lowest BCUT2D eigenvalue weighted by Gasteiger charge is -2.29. The number of carbonyl (C=O) groups excluding carboxylic acids is 1. The number of nitro benzene ring substituents is 1. The van der Waals surface area contributed by atoms with Gasteiger partial charge in [-0.3, -0.25) is 14.9 Å². The van der Waals surface area contributed by atoms with Gasteiger partial charge in [0.1, 0.15) is 0 Å². The van der Waals surface area contributed by atoms with Gasteiger partial charge in [-0.05, 0) is 61.1 Å². The van der Waals surface area contributed by atoms with E-state index in [-0.39, 0.29) is 28.4 Å². The van der Waals surface area contributed by atoms with Gasteiger partial charge in [0, 0.05) is 25.0 Å². The Bertz CT molecular complexity index is 1310. The molecule has 0 unspecified atom stereocenters. The fourth-order valence-corrected chi connectivity index (χ4v) is 5.79. The smallest absolute Gasteiger partial charge is 0.269 e. The van der Waals surface area contributed by atoms with Crippen LogP contribution in [-0.2, 0) is 0 Å². The lowest BCUT2D eigenvalue weighted by atomic mass is 9.77. The zero-order chi connectivity index (χ0) is 23.8. The molecule has 2 atom stereocenters. The van der Waals surface area contributed by atoms with Crippen molar-refractivity contribution in [1.82, 2.24) is 4.98 Å². The van der Waals surface area contributed by atoms with Crippen LogP contribution in [0.25, 0.3) is 6.08 Å². The maximum Gasteiger partial charge on any atom is 0.269 e. The molecule has 1 aromatic heterocycles. The van der Waals surface area contributed by atoms with Gasteiger partial charge in [0.2, 0.25) is 5.13 Å². The van der Waals surface area contributed by atoms with Gasteiger partial charge in [-0.1, -0.05) is 41.7 Å². The molecule has 0 N–H and O–H groups in total. The van der Waals surface area contributed by atoms with E-state index in [2.05, 4.69) is 18.2 Å². The molecule has 2 aromatic carbocycles. The summed E-state index contributed by atoms with van der Waals surface area (Å²) < 4.78 is 0. The van der Waals surface area contributed by atoms with Crippen LogP contribution in [0.15, 0.2) is 65.3 Å². The van der Waals surface area contributed by atoms with Crippen LogP contribution in [0.2, 0.25) is 0 Å². The van der Waals surface area contributed by atoms with Gasteiger partial charge in [0.05, 0.1) is 27.2 Å². The number of allylic oxidation sites excluding steroid dienone is 1. The second-order valence-electron chi connectivity index (χ2n) is 8.67. The fourth-order valence-electron chi connectivity index (χ4n) is 4.84. The van der Waals surface area contributed by atoms with Crippen molar-refractivity contribution in [3.63, 3.8) is 0 Å². The molecule has 7 nitrogen and oxygen atoms in total. The fraction of sp³-hybridized carbons (Fsp3) is 0.269. The van der Waals surface area contributed by atoms with Crippen molar-refractivity contribution in [2.45, 2.75) is 39.2 Å². The van der Waals surface area contributed by atoms with E-state index in [0.29, 0.717) is 4.88 Å². The number of fused-ring (bicyclic) bond motifs is 1. The number of hydrogen-bond donors (Lipinski definition) is 0. The van der Waals surface area contributed by atoms with E-state index in [1.54, 1.807) is 19.1 Å². The van der Waals surface area contributed by atoms with E-state index in [4.69, 9.17) is 10.1 Å². The molecule has 172 valence electrons. The van der Waals surface area contributed by atoms with Crippen molar-refractivity contribution in [2.24, 2.45) is 11.0 Å². The number of hydrazone groups is 1. The predicted molar refractivity (Wildman–Crippen MR) is 134 cm³/mol. The third-order valence-electron chi connectivity index (χ3n) is 6.39. The zero-order valence-electron chi connectivity index (χ0n) is 19.0. The van der Waals surface area contributed by atoms with Crippen molar-refractivity contribution in [2.75, 3.05) is 5.01 Å². The van der Waals surface area contributed by atoms with E-state index >= 15 is 0 Å². The number of rotatable bonds is 5. The van der Waals surface area contributed by atoms with Crippen molar-refractivity contribution >= 4 is 39.7 Å². The number of ketones is 1. The lowest BCUT2D eigenvalue weighted by molar-refractivity contribution is -0.384. The first-order valence-electron chi connectivity index (χ1n) is 11.3. The number of anilines is 1. The van der Waals surface area contributed by atoms with Gasteiger partial charge in [-0.25, -0.2) is 9.99 Å². The zero-order valence-corrected chi connectivity index (χ0v) is 19.8. The number of hydrogen-bond acceptors (Lipinski definition) is 7. The molecule has 8 heteroatoms. The molecule has 1 saturated carbocycles. The normalized spacial score (nSPS) is 20.8. The Morgan fingerprint density at radius 3 is 2.56 bits per heavy atom. The molecule has 0 spiro atoms. The Kier molecular flexibility index (Phi) is 5.83. The van der Waals surface area contributed by atoms with Gasteiger partial charge >= 0.3 is 0 Å². The van der Waals surface area contributed by atoms with Crippen LogP contribution < -0.4 is 5.01 Å². The Hall–Kier alpha value is -3.65. The largest absolute Gasteiger partial charge is 0.294 e. The molecule has 1 fully saturated rings. The van der Waals surface area contributed by atoms with Crippen LogP contribution in [0.1, 0.15) is 58.7 Å². The summed E-state index contributed by atoms with van der Waals surface area (Å²) in [6, 6.07) is 16.9. The number of nitrogens with zero attached hydrogens (tertiary/aromatic N) is 4. The number of aryl methyl sites for hydroxylation is 1. The number of aromatic nitrogens is 1. The Morgan fingerprint density at radius 2 is 1.91 bits per heavy atom. The Labute approximate surface area is 201 Å². The summed E-state index contributed by atoms with van der Waals surface area (Å²) in [5.74, 6) is 0.214. The Balaban J connectivity index is 1.57. The maximum atomic E-state index is 12.1. The van der Waals surface area contributed by atoms with Gasteiger partial charge in [0.15, 0.2) is 5.78 Å². The Morgan fingerprint density at radius 1 is 1.18 bits per heavy atom. The quantitative estimate of drug-likeness (QED) is 0.245. The third kappa shape index (κ3) is 4.05. The highest BCUT2D eigenvalue weighted by Crippen LogP contribution is 2.47. The average molecular weight is 473 g/mol. The molecule has 5 rings (SSSR count). The monoisotopic (exact) mass is 472 g/mol. The predicted octanol–water partition coefficient (Wildman–Crippen LogP) is 6.36. The number of benzene rings is 2. The van der Waals surface area contributed by atoms with E-state index in [0.717, 1.165) is 46.9 Å². The molecule has 2 aliphatic rings. The van der Waals surface area contributed by atoms with E-state index in [9.17, 15) is 14.9 Å². The summed E-state index contributed by atoms with van der Waals surface area (Å²) in [5.41, 5.74) is 5.08. The summed E-state index contributed by atoms with van der Waals surface area (Å²) in [6.45, 7) is 3.43. The number of thiazole rings is 1. The topological polar surface area (TPSA) is 88.7 Å². The van der Waals surface area contributed by atoms with Crippen LogP contribution in [-0.4, -0.2) is 21.4 Å². The van der Waals surface area contributed by atoms with Crippen LogP contribution in [0.5, 0.6) is 0 Å². The van der Waals surface area contributed by atoms with E-state index in [1.165, 1.54) is 29.0 Å². The van der Waals surface area contributed by atoms with Gasteiger partial charge in [-0.15, -0.1) is 0 Å². The molecule has 1 aliphatic heterocycles. The number of carbonyl (C=O) groups is 1. The second-order valence-corrected chi connectivity index (χ2v) is 9.65. The molecule has 34 heavy (non-hydrogen) atoms. The van der Waals surface area contributed by atoms with Crippen molar-refractivity contribution in [3.05, 3.63) is 92.0 Å². The molecule has 0 amide bonds. The standard InChI is InChI=1S/C26H24N4O3S/c1-16-25(17(2)31)34-26(27-16)29-24(19-7-4-3-5-8-19)22-10-6-9-20(23(22)28-29)15-18-11-13-21(14-12-18)30(32)33/h3-5,7-8,11-15,22,24H,6,9-10H2,1-2H3/b20-15-/t22-,24-/m0/s1. The highest BCUT2D eigenvalue weighted by molar-refractivity contribution is 7.17. The molecular weight excluding hydrogens is 448 g/mol. The molecule has 0 radical (unpaired) electrons. The molecular formula is C26H24N4O3S. The van der Waals surface area contributed by atoms with Crippen LogP contribution in [0.3, 0.4) is 0 Å². The van der Waals surface area contributed by atoms with Crippen molar-refractivity contribution in [1.29, 1.82) is 0 Å². The molecule has 1 aliphatic carbocycles. The van der Waals surface area contributed by atoms with Crippen molar-refractivity contribution in [3.8, 4) is 0 Å². The third-order valence-corrected chi connectivity index (χ3v) is 7.64. The first-order valence-corrected chi connectivity index (χ1v) is 12.1. The number of non-ortho nitro benzene ring substituents is 1. The average Bonchev–Trinajstić information content (AvgIpc) is 3.41. The second kappa shape index (κ2) is 8.95. The lowest BCUT2D eigenvalue weighted by Crippen LogP contribution is -2.28. The molecule has 2 heterocycles. The maximum absolute atomic E-state index is 12.1. The molecule has 0 bridgehead atoms. The summed E-state index contributed by atoms with van der Waals surface area (Å²) >= 11 is 1.39. The van der Waals surface area contributed by atoms with Gasteiger partial charge in [0.25, 0.3) is 5.69 Å². The minimum atomic E-state index is -0.387. The highest BCUT2D eigenvalue weighted by Gasteiger charge is 2.43. The van der Waals surface area contributed by atoms with Crippen molar-refractivity contribution < 1.29 is 9.72 Å². The minimum Gasteiger partial charge on any atom is -0.294 e. The van der Waals surface area contributed by atoms with E-state index in [1.807, 2.05) is 30.1 Å². The number of nitro groups is 1. The van der Waals surface area contributed by atoms with Crippen LogP contribution >= 0.6 is 11.3 Å². The summed E-state index contributed by atoms with van der Waals surface area (Å²) in [7, 11) is 0. The first-order chi connectivity index (χ1) is 16.4. The highest BCUT2D eigenvalue weighted by atomic mass is 32.1. The molecule has 3 aromatic rings. The SMILES string of the molecule is CC(=O)c1sc(N2N=C3/C(=C\c4ccc([N+](=O)[O-])cc4)CCC[C@@H]3[C@@H]2c2ccccc2)nc1C. The van der Waals surface area contributed by atoms with Gasteiger partial charge in [-0.2, -0.15) is 5.10 Å². The first kappa shape index (κ1) is 22.2. The number of Topliss-reactive ketones (excluding diaryl/α,β-unsaturated/α-hetero) is 1. The summed E-state index contributed by atoms with van der Waals surface area (Å²) in [5, 5.41) is 18.8. The molecule has 0 saturated heterocycles. The van der Waals surface area contributed by atoms with Gasteiger partial charge < -0.3 is 0 Å². The summed E-state index contributed by atoms with van der Waals surface area (Å²) in [6.07, 6.45) is 5.04. The van der Waals surface area contributed by atoms with E-state index < -0.39 is 0 Å². The van der Waals surface area contributed by atoms with Crippen LogP contribution in [0, 0.1) is 23.0 Å². The summed E-state index contributed by atoms with van der Waals surface area (Å²) in [4.78, 5) is 28.1. The minimum absolute atomic E-state index is 0.00196. The van der Waals surface area contributed by atoms with Crippen LogP contribution in [0.4, 0.5) is 10.8 Å².